The summed E-state index contributed by atoms with van der Waals surface area (Å²) in [5.41, 5.74) is -0.0755. The van der Waals surface area contributed by atoms with Crippen molar-refractivity contribution in [1.29, 1.82) is 0 Å². The van der Waals surface area contributed by atoms with Gasteiger partial charge in [0.2, 0.25) is 0 Å². The number of nitro groups is 1. The van der Waals surface area contributed by atoms with E-state index in [1.807, 2.05) is 0 Å². The second-order valence-corrected chi connectivity index (χ2v) is 3.75. The first-order chi connectivity index (χ1) is 7.77. The van der Waals surface area contributed by atoms with Gasteiger partial charge in [0.15, 0.2) is 0 Å². The Balaban J connectivity index is 0.00000144. The zero-order valence-corrected chi connectivity index (χ0v) is 9.98. The molecule has 1 aliphatic rings. The quantitative estimate of drug-likeness (QED) is 0.653. The van der Waals surface area contributed by atoms with Crippen LogP contribution in [0.1, 0.15) is 6.42 Å². The second kappa shape index (κ2) is 6.36. The van der Waals surface area contributed by atoms with Crippen LogP contribution in [0.15, 0.2) is 18.3 Å². The predicted molar refractivity (Wildman–Crippen MR) is 64.6 cm³/mol. The standard InChI is InChI=1S/C10H13N3O3.ClH/c14-13(15)9-2-1-4-12-10(9)16-7-8-3-5-11-6-8;/h1-2,4,8,11H,3,5-7H2;1H. The molecule has 1 aromatic heterocycles. The van der Waals surface area contributed by atoms with Crippen LogP contribution in [0.4, 0.5) is 5.69 Å². The van der Waals surface area contributed by atoms with E-state index in [-0.39, 0.29) is 24.0 Å². The Labute approximate surface area is 105 Å². The smallest absolute Gasteiger partial charge is 0.330 e. The Kier molecular flexibility index (Phi) is 5.11. The molecule has 0 aromatic carbocycles. The van der Waals surface area contributed by atoms with E-state index < -0.39 is 4.92 Å². The molecule has 7 heteroatoms. The highest BCUT2D eigenvalue weighted by atomic mass is 35.5. The lowest BCUT2D eigenvalue weighted by Gasteiger charge is -2.09. The predicted octanol–water partition coefficient (Wildman–Crippen LogP) is 1.40. The monoisotopic (exact) mass is 259 g/mol. The summed E-state index contributed by atoms with van der Waals surface area (Å²) in [7, 11) is 0. The number of ether oxygens (including phenoxy) is 1. The van der Waals surface area contributed by atoms with Gasteiger partial charge in [-0.3, -0.25) is 10.1 Å². The third-order valence-corrected chi connectivity index (χ3v) is 2.57. The van der Waals surface area contributed by atoms with Crippen LogP contribution in [0.5, 0.6) is 5.88 Å². The molecule has 1 atom stereocenters. The summed E-state index contributed by atoms with van der Waals surface area (Å²) >= 11 is 0. The summed E-state index contributed by atoms with van der Waals surface area (Å²) in [5, 5.41) is 13.9. The maximum atomic E-state index is 10.7. The van der Waals surface area contributed by atoms with Crippen molar-refractivity contribution in [2.24, 2.45) is 5.92 Å². The van der Waals surface area contributed by atoms with Crippen molar-refractivity contribution in [3.63, 3.8) is 0 Å². The number of halogens is 1. The van der Waals surface area contributed by atoms with Crippen molar-refractivity contribution < 1.29 is 9.66 Å². The van der Waals surface area contributed by atoms with E-state index in [0.717, 1.165) is 19.5 Å². The molecular formula is C10H14ClN3O3. The van der Waals surface area contributed by atoms with Gasteiger partial charge in [-0.15, -0.1) is 12.4 Å². The number of nitrogens with zero attached hydrogens (tertiary/aromatic N) is 2. The van der Waals surface area contributed by atoms with Crippen molar-refractivity contribution in [2.75, 3.05) is 19.7 Å². The van der Waals surface area contributed by atoms with E-state index in [4.69, 9.17) is 4.74 Å². The van der Waals surface area contributed by atoms with Gasteiger partial charge < -0.3 is 10.1 Å². The van der Waals surface area contributed by atoms with E-state index in [9.17, 15) is 10.1 Å². The molecule has 0 bridgehead atoms. The van der Waals surface area contributed by atoms with Crippen molar-refractivity contribution in [2.45, 2.75) is 6.42 Å². The van der Waals surface area contributed by atoms with Crippen LogP contribution in [0.25, 0.3) is 0 Å². The van der Waals surface area contributed by atoms with Gasteiger partial charge in [-0.1, -0.05) is 0 Å². The average molecular weight is 260 g/mol. The SMILES string of the molecule is Cl.O=[N+]([O-])c1cccnc1OCC1CCNC1. The van der Waals surface area contributed by atoms with E-state index in [0.29, 0.717) is 12.5 Å². The van der Waals surface area contributed by atoms with Gasteiger partial charge in [0.1, 0.15) is 0 Å². The molecule has 2 rings (SSSR count). The Morgan fingerprint density at radius 2 is 2.47 bits per heavy atom. The van der Waals surface area contributed by atoms with E-state index >= 15 is 0 Å². The fraction of sp³-hybridized carbons (Fsp3) is 0.500. The fourth-order valence-corrected chi connectivity index (χ4v) is 1.69. The summed E-state index contributed by atoms with van der Waals surface area (Å²) < 4.78 is 5.39. The first-order valence-electron chi connectivity index (χ1n) is 5.20. The van der Waals surface area contributed by atoms with Crippen LogP contribution < -0.4 is 10.1 Å². The molecule has 0 amide bonds. The highest BCUT2D eigenvalue weighted by Crippen LogP contribution is 2.23. The second-order valence-electron chi connectivity index (χ2n) is 3.75. The molecule has 1 fully saturated rings. The number of aromatic nitrogens is 1. The Bertz CT molecular complexity index is 383. The number of pyridine rings is 1. The van der Waals surface area contributed by atoms with Gasteiger partial charge in [-0.05, 0) is 19.0 Å². The number of hydrogen-bond donors (Lipinski definition) is 1. The topological polar surface area (TPSA) is 77.3 Å². The zero-order valence-electron chi connectivity index (χ0n) is 9.17. The maximum absolute atomic E-state index is 10.7. The number of hydrogen-bond acceptors (Lipinski definition) is 5. The summed E-state index contributed by atoms with van der Waals surface area (Å²) in [6.07, 6.45) is 2.54. The molecule has 6 nitrogen and oxygen atoms in total. The first-order valence-corrected chi connectivity index (χ1v) is 5.20. The zero-order chi connectivity index (χ0) is 11.4. The van der Waals surface area contributed by atoms with Gasteiger partial charge in [0, 0.05) is 24.7 Å². The summed E-state index contributed by atoms with van der Waals surface area (Å²) in [6, 6.07) is 2.93. The molecule has 17 heavy (non-hydrogen) atoms. The lowest BCUT2D eigenvalue weighted by atomic mass is 10.1. The van der Waals surface area contributed by atoms with Crippen molar-refractivity contribution in [3.05, 3.63) is 28.4 Å². The lowest BCUT2D eigenvalue weighted by molar-refractivity contribution is -0.386. The molecular weight excluding hydrogens is 246 g/mol. The molecule has 0 saturated carbocycles. The summed E-state index contributed by atoms with van der Waals surface area (Å²) in [5.74, 6) is 0.529. The van der Waals surface area contributed by atoms with Gasteiger partial charge in [-0.25, -0.2) is 4.98 Å². The minimum absolute atomic E-state index is 0. The van der Waals surface area contributed by atoms with Crippen LogP contribution in [0.2, 0.25) is 0 Å². The van der Waals surface area contributed by atoms with Gasteiger partial charge in [0.25, 0.3) is 5.88 Å². The molecule has 2 heterocycles. The van der Waals surface area contributed by atoms with Gasteiger partial charge in [-0.2, -0.15) is 0 Å². The molecule has 1 unspecified atom stereocenters. The first kappa shape index (κ1) is 13.7. The Morgan fingerprint density at radius 1 is 1.65 bits per heavy atom. The Morgan fingerprint density at radius 3 is 3.12 bits per heavy atom. The van der Waals surface area contributed by atoms with Crippen LogP contribution in [-0.4, -0.2) is 29.6 Å². The Hall–Kier alpha value is -1.40. The van der Waals surface area contributed by atoms with Crippen molar-refractivity contribution in [1.82, 2.24) is 10.3 Å². The highest BCUT2D eigenvalue weighted by molar-refractivity contribution is 5.85. The number of nitrogens with one attached hydrogen (secondary N) is 1. The maximum Gasteiger partial charge on any atom is 0.330 e. The minimum atomic E-state index is -0.477. The van der Waals surface area contributed by atoms with Gasteiger partial charge in [0.05, 0.1) is 11.5 Å². The van der Waals surface area contributed by atoms with Crippen molar-refractivity contribution in [3.8, 4) is 5.88 Å². The number of rotatable bonds is 4. The molecule has 94 valence electrons. The third kappa shape index (κ3) is 3.54. The lowest BCUT2D eigenvalue weighted by Crippen LogP contribution is -2.16. The molecule has 1 N–H and O–H groups in total. The van der Waals surface area contributed by atoms with Crippen LogP contribution in [-0.2, 0) is 0 Å². The molecule has 0 radical (unpaired) electrons. The van der Waals surface area contributed by atoms with Crippen molar-refractivity contribution >= 4 is 18.1 Å². The minimum Gasteiger partial charge on any atom is -0.472 e. The molecule has 1 aromatic rings. The van der Waals surface area contributed by atoms with E-state index in [1.54, 1.807) is 0 Å². The fourth-order valence-electron chi connectivity index (χ4n) is 1.69. The van der Waals surface area contributed by atoms with Crippen LogP contribution in [0.3, 0.4) is 0 Å². The van der Waals surface area contributed by atoms with E-state index in [2.05, 4.69) is 10.3 Å². The third-order valence-electron chi connectivity index (χ3n) is 2.57. The largest absolute Gasteiger partial charge is 0.472 e. The molecule has 0 spiro atoms. The van der Waals surface area contributed by atoms with Crippen LogP contribution >= 0.6 is 12.4 Å². The molecule has 1 aliphatic heterocycles. The van der Waals surface area contributed by atoms with Gasteiger partial charge >= 0.3 is 5.69 Å². The average Bonchev–Trinajstić information content (AvgIpc) is 2.79. The molecule has 0 aliphatic carbocycles. The normalized spacial score (nSPS) is 18.5. The highest BCUT2D eigenvalue weighted by Gasteiger charge is 2.19. The summed E-state index contributed by atoms with van der Waals surface area (Å²) in [6.45, 7) is 2.36. The summed E-state index contributed by atoms with van der Waals surface area (Å²) in [4.78, 5) is 14.1. The van der Waals surface area contributed by atoms with E-state index in [1.165, 1.54) is 18.3 Å². The van der Waals surface area contributed by atoms with Crippen LogP contribution in [0, 0.1) is 16.0 Å². The molecule has 1 saturated heterocycles.